The third kappa shape index (κ3) is 4.32. The fourth-order valence-electron chi connectivity index (χ4n) is 5.15. The molecule has 1 saturated heterocycles. The van der Waals surface area contributed by atoms with Crippen molar-refractivity contribution in [2.45, 2.75) is 55.2 Å². The highest BCUT2D eigenvalue weighted by Crippen LogP contribution is 2.37. The molecule has 4 heterocycles. The number of thiophene rings is 1. The van der Waals surface area contributed by atoms with Gasteiger partial charge in [0.1, 0.15) is 4.21 Å². The molecule has 1 aromatic carbocycles. The van der Waals surface area contributed by atoms with Crippen LogP contribution in [0.25, 0.3) is 11.4 Å². The van der Waals surface area contributed by atoms with Crippen molar-refractivity contribution >= 4 is 27.3 Å². The van der Waals surface area contributed by atoms with Crippen molar-refractivity contribution in [3.8, 4) is 11.4 Å². The van der Waals surface area contributed by atoms with Crippen LogP contribution in [0.2, 0.25) is 0 Å². The summed E-state index contributed by atoms with van der Waals surface area (Å²) >= 11 is 1.18. The molecule has 0 radical (unpaired) electrons. The van der Waals surface area contributed by atoms with Gasteiger partial charge in [-0.3, -0.25) is 4.79 Å². The van der Waals surface area contributed by atoms with E-state index in [9.17, 15) is 13.2 Å². The third-order valence-electron chi connectivity index (χ3n) is 7.57. The summed E-state index contributed by atoms with van der Waals surface area (Å²) in [5, 5.41) is 5.83. The first-order chi connectivity index (χ1) is 17.0. The molecule has 3 aromatic rings. The number of carbonyl (C=O) groups excluding carboxylic acids is 1. The first-order valence-electron chi connectivity index (χ1n) is 12.3. The van der Waals surface area contributed by atoms with Crippen molar-refractivity contribution in [2.75, 3.05) is 19.6 Å². The van der Waals surface area contributed by atoms with Gasteiger partial charge in [-0.05, 0) is 49.3 Å². The Hall–Kier alpha value is -2.56. The van der Waals surface area contributed by atoms with Crippen molar-refractivity contribution < 1.29 is 17.7 Å². The zero-order valence-corrected chi connectivity index (χ0v) is 21.1. The Labute approximate surface area is 209 Å². The maximum absolute atomic E-state index is 13.3. The number of fused-ring (bicyclic) bond motifs is 1. The number of rotatable bonds is 5. The largest absolute Gasteiger partial charge is 0.339 e. The van der Waals surface area contributed by atoms with Crippen LogP contribution < -0.4 is 0 Å². The van der Waals surface area contributed by atoms with Crippen LogP contribution in [0.4, 0.5) is 0 Å². The normalized spacial score (nSPS) is 19.9. The predicted octanol–water partition coefficient (Wildman–Crippen LogP) is 4.05. The second kappa shape index (κ2) is 9.15. The minimum atomic E-state index is -3.63. The molecule has 184 valence electrons. The average Bonchev–Trinajstić information content (AvgIpc) is 3.53. The van der Waals surface area contributed by atoms with Crippen LogP contribution in [-0.4, -0.2) is 53.3 Å². The highest BCUT2D eigenvalue weighted by Gasteiger charge is 2.35. The lowest BCUT2D eigenvalue weighted by molar-refractivity contribution is -0.137. The zero-order chi connectivity index (χ0) is 24.0. The monoisotopic (exact) mass is 512 g/mol. The Morgan fingerprint density at radius 1 is 1.06 bits per heavy atom. The SMILES string of the molecule is O=C(C1CCN(S(=O)(=O)c2cc(-c3noc(C4CCC4)n3)cs2)CC1)N1CCc2ccccc2C1. The van der Waals surface area contributed by atoms with E-state index in [-0.39, 0.29) is 16.0 Å². The molecule has 1 amide bonds. The minimum Gasteiger partial charge on any atom is -0.339 e. The van der Waals surface area contributed by atoms with Gasteiger partial charge < -0.3 is 9.42 Å². The first kappa shape index (κ1) is 22.9. The molecular weight excluding hydrogens is 484 g/mol. The van der Waals surface area contributed by atoms with Gasteiger partial charge in [-0.25, -0.2) is 8.42 Å². The van der Waals surface area contributed by atoms with Crippen LogP contribution in [0.5, 0.6) is 0 Å². The molecule has 0 atom stereocenters. The van der Waals surface area contributed by atoms with Gasteiger partial charge in [0.2, 0.25) is 17.6 Å². The van der Waals surface area contributed by atoms with Gasteiger partial charge >= 0.3 is 0 Å². The standard InChI is InChI=1S/C25H28N4O4S2/c30-25(28-11-8-17-4-1-2-5-20(17)15-28)19-9-12-29(13-10-19)35(31,32)22-14-21(16-34-22)23-26-24(33-27-23)18-6-3-7-18/h1-2,4-5,14,16,18-19H,3,6-13,15H2. The van der Waals surface area contributed by atoms with E-state index >= 15 is 0 Å². The van der Waals surface area contributed by atoms with Gasteiger partial charge in [0, 0.05) is 49.0 Å². The molecule has 0 N–H and O–H groups in total. The smallest absolute Gasteiger partial charge is 0.252 e. The summed E-state index contributed by atoms with van der Waals surface area (Å²) < 4.78 is 33.8. The average molecular weight is 513 g/mol. The summed E-state index contributed by atoms with van der Waals surface area (Å²) in [6.45, 7) is 2.07. The number of nitrogens with zero attached hydrogens (tertiary/aromatic N) is 4. The molecule has 0 spiro atoms. The van der Waals surface area contributed by atoms with E-state index in [4.69, 9.17) is 4.52 Å². The summed E-state index contributed by atoms with van der Waals surface area (Å²) in [7, 11) is -3.63. The van der Waals surface area contributed by atoms with E-state index in [0.717, 1.165) is 25.8 Å². The van der Waals surface area contributed by atoms with E-state index in [1.54, 1.807) is 11.4 Å². The van der Waals surface area contributed by atoms with Crippen molar-refractivity contribution in [1.29, 1.82) is 0 Å². The lowest BCUT2D eigenvalue weighted by atomic mass is 9.85. The lowest BCUT2D eigenvalue weighted by Gasteiger charge is -2.35. The molecule has 0 unspecified atom stereocenters. The Bertz CT molecular complexity index is 1340. The molecule has 35 heavy (non-hydrogen) atoms. The van der Waals surface area contributed by atoms with Gasteiger partial charge in [0.25, 0.3) is 10.0 Å². The second-order valence-electron chi connectivity index (χ2n) is 9.70. The molecule has 6 rings (SSSR count). The zero-order valence-electron chi connectivity index (χ0n) is 19.4. The second-order valence-corrected chi connectivity index (χ2v) is 12.8. The van der Waals surface area contributed by atoms with Crippen LogP contribution in [0.3, 0.4) is 0 Å². The van der Waals surface area contributed by atoms with Gasteiger partial charge in [0.15, 0.2) is 0 Å². The van der Waals surface area contributed by atoms with Crippen LogP contribution in [-0.2, 0) is 27.8 Å². The summed E-state index contributed by atoms with van der Waals surface area (Å²) in [5.41, 5.74) is 3.19. The number of hydrogen-bond acceptors (Lipinski definition) is 7. The van der Waals surface area contributed by atoms with Gasteiger partial charge in [-0.2, -0.15) is 9.29 Å². The predicted molar refractivity (Wildman–Crippen MR) is 131 cm³/mol. The number of sulfonamides is 1. The number of aromatic nitrogens is 2. The van der Waals surface area contributed by atoms with Crippen LogP contribution in [0, 0.1) is 5.92 Å². The number of amides is 1. The summed E-state index contributed by atoms with van der Waals surface area (Å²) in [6.07, 6.45) is 5.27. The number of benzene rings is 1. The van der Waals surface area contributed by atoms with Crippen molar-refractivity contribution in [3.63, 3.8) is 0 Å². The molecule has 1 saturated carbocycles. The maximum Gasteiger partial charge on any atom is 0.252 e. The first-order valence-corrected chi connectivity index (χ1v) is 14.6. The fraction of sp³-hybridized carbons (Fsp3) is 0.480. The quantitative estimate of drug-likeness (QED) is 0.512. The highest BCUT2D eigenvalue weighted by molar-refractivity contribution is 7.91. The van der Waals surface area contributed by atoms with Crippen molar-refractivity contribution in [1.82, 2.24) is 19.3 Å². The van der Waals surface area contributed by atoms with E-state index in [1.165, 1.54) is 33.2 Å². The summed E-state index contributed by atoms with van der Waals surface area (Å²) in [5.74, 6) is 1.44. The number of piperidine rings is 1. The minimum absolute atomic E-state index is 0.130. The Morgan fingerprint density at radius 3 is 2.57 bits per heavy atom. The Morgan fingerprint density at radius 2 is 1.83 bits per heavy atom. The third-order valence-corrected chi connectivity index (χ3v) is 10.9. The maximum atomic E-state index is 13.3. The Kier molecular flexibility index (Phi) is 5.98. The van der Waals surface area contributed by atoms with E-state index in [2.05, 4.69) is 22.3 Å². The molecule has 8 nitrogen and oxygen atoms in total. The molecular formula is C25H28N4O4S2. The number of hydrogen-bond donors (Lipinski definition) is 0. The van der Waals surface area contributed by atoms with Crippen LogP contribution in [0.1, 0.15) is 55.0 Å². The molecule has 2 aliphatic heterocycles. The topological polar surface area (TPSA) is 96.6 Å². The number of carbonyl (C=O) groups is 1. The van der Waals surface area contributed by atoms with E-state index < -0.39 is 10.0 Å². The molecule has 0 bridgehead atoms. The van der Waals surface area contributed by atoms with Crippen molar-refractivity contribution in [3.05, 3.63) is 52.7 Å². The Balaban J connectivity index is 1.09. The van der Waals surface area contributed by atoms with E-state index in [1.807, 2.05) is 17.0 Å². The lowest BCUT2D eigenvalue weighted by Crippen LogP contribution is -2.45. The fourth-order valence-corrected chi connectivity index (χ4v) is 7.94. The highest BCUT2D eigenvalue weighted by atomic mass is 32.2. The molecule has 2 aromatic heterocycles. The molecule has 1 aliphatic carbocycles. The van der Waals surface area contributed by atoms with E-state index in [0.29, 0.717) is 55.7 Å². The molecule has 10 heteroatoms. The van der Waals surface area contributed by atoms with Gasteiger partial charge in [-0.1, -0.05) is 35.8 Å². The van der Waals surface area contributed by atoms with Gasteiger partial charge in [0.05, 0.1) is 0 Å². The van der Waals surface area contributed by atoms with Gasteiger partial charge in [-0.15, -0.1) is 11.3 Å². The summed E-state index contributed by atoms with van der Waals surface area (Å²) in [4.78, 5) is 19.6. The van der Waals surface area contributed by atoms with Crippen molar-refractivity contribution in [2.24, 2.45) is 5.92 Å². The molecule has 3 aliphatic rings. The summed E-state index contributed by atoms with van der Waals surface area (Å²) in [6, 6.07) is 9.90. The van der Waals surface area contributed by atoms with Crippen LogP contribution in [0.15, 0.2) is 44.4 Å². The molecule has 2 fully saturated rings. The van der Waals surface area contributed by atoms with Crippen LogP contribution >= 0.6 is 11.3 Å².